The van der Waals surface area contributed by atoms with Crippen molar-refractivity contribution in [1.29, 1.82) is 0 Å². The highest BCUT2D eigenvalue weighted by Gasteiger charge is 2.25. The molecule has 0 fully saturated rings. The Hall–Kier alpha value is -2.82. The summed E-state index contributed by atoms with van der Waals surface area (Å²) in [6, 6.07) is 27.4. The third kappa shape index (κ3) is 5.35. The zero-order valence-corrected chi connectivity index (χ0v) is 16.1. The lowest BCUT2D eigenvalue weighted by Gasteiger charge is -2.28. The van der Waals surface area contributed by atoms with Crippen LogP contribution in [0.2, 0.25) is 0 Å². The van der Waals surface area contributed by atoms with Gasteiger partial charge in [-0.05, 0) is 30.2 Å². The number of para-hydroxylation sites is 2. The first-order chi connectivity index (χ1) is 13.8. The van der Waals surface area contributed by atoms with Crippen molar-refractivity contribution in [2.45, 2.75) is 25.6 Å². The predicted octanol–water partition coefficient (Wildman–Crippen LogP) is 4.36. The van der Waals surface area contributed by atoms with E-state index in [9.17, 15) is 5.11 Å². The first-order valence-electron chi connectivity index (χ1n) is 9.63. The number of rotatable bonds is 10. The molecule has 0 unspecified atom stereocenters. The molecule has 0 aliphatic rings. The number of aliphatic hydroxyl groups is 1. The molecule has 0 amide bonds. The predicted molar refractivity (Wildman–Crippen MR) is 112 cm³/mol. The van der Waals surface area contributed by atoms with Gasteiger partial charge in [-0.2, -0.15) is 0 Å². The lowest BCUT2D eigenvalue weighted by atomic mass is 10.0. The molecule has 0 saturated heterocycles. The first kappa shape index (κ1) is 19.9. The molecular formula is C24H27NO3. The number of benzene rings is 3. The molecule has 4 heteroatoms. The van der Waals surface area contributed by atoms with E-state index in [0.717, 1.165) is 11.1 Å². The normalized spacial score (nSPS) is 12.9. The van der Waals surface area contributed by atoms with Gasteiger partial charge in [0.25, 0.3) is 0 Å². The van der Waals surface area contributed by atoms with Crippen LogP contribution in [0.1, 0.15) is 24.2 Å². The van der Waals surface area contributed by atoms with Crippen LogP contribution in [0.15, 0.2) is 84.9 Å². The molecule has 3 aromatic carbocycles. The zero-order valence-electron chi connectivity index (χ0n) is 16.1. The molecule has 2 N–H and O–H groups in total. The number of nitrogens with one attached hydrogen (secondary N) is 1. The fourth-order valence-electron chi connectivity index (χ4n) is 3.10. The Bertz CT molecular complexity index is 824. The summed E-state index contributed by atoms with van der Waals surface area (Å²) in [5, 5.41) is 13.6. The third-order valence-electron chi connectivity index (χ3n) is 4.50. The summed E-state index contributed by atoms with van der Waals surface area (Å²) in [7, 11) is 0. The Morgan fingerprint density at radius 1 is 0.821 bits per heavy atom. The van der Waals surface area contributed by atoms with Gasteiger partial charge in [-0.15, -0.1) is 0 Å². The largest absolute Gasteiger partial charge is 0.490 e. The maximum atomic E-state index is 10.1. The van der Waals surface area contributed by atoms with Crippen molar-refractivity contribution in [2.24, 2.45) is 0 Å². The first-order valence-corrected chi connectivity index (χ1v) is 9.63. The summed E-state index contributed by atoms with van der Waals surface area (Å²) in [4.78, 5) is 0. The number of aliphatic hydroxyl groups excluding tert-OH is 1. The maximum absolute atomic E-state index is 10.1. The van der Waals surface area contributed by atoms with Gasteiger partial charge in [0.2, 0.25) is 0 Å². The van der Waals surface area contributed by atoms with Crippen LogP contribution >= 0.6 is 0 Å². The number of hydrogen-bond donors (Lipinski definition) is 2. The van der Waals surface area contributed by atoms with Crippen molar-refractivity contribution in [3.63, 3.8) is 0 Å². The van der Waals surface area contributed by atoms with Crippen molar-refractivity contribution in [3.05, 3.63) is 96.1 Å². The summed E-state index contributed by atoms with van der Waals surface area (Å²) < 4.78 is 12.1. The molecule has 0 radical (unpaired) electrons. The molecule has 146 valence electrons. The topological polar surface area (TPSA) is 50.7 Å². The van der Waals surface area contributed by atoms with Crippen LogP contribution < -0.4 is 14.8 Å². The van der Waals surface area contributed by atoms with Crippen LogP contribution in [0.3, 0.4) is 0 Å². The van der Waals surface area contributed by atoms with Crippen molar-refractivity contribution < 1.29 is 14.6 Å². The highest BCUT2D eigenvalue weighted by atomic mass is 16.5. The van der Waals surface area contributed by atoms with Gasteiger partial charge in [-0.1, -0.05) is 72.8 Å². The summed E-state index contributed by atoms with van der Waals surface area (Å²) in [5.74, 6) is 1.36. The Kier molecular flexibility index (Phi) is 7.47. The fraction of sp³-hybridized carbons (Fsp3) is 0.250. The molecule has 0 saturated carbocycles. The Morgan fingerprint density at radius 3 is 2.07 bits per heavy atom. The van der Waals surface area contributed by atoms with Gasteiger partial charge in [0.05, 0.1) is 19.3 Å². The molecule has 0 aromatic heterocycles. The minimum absolute atomic E-state index is 0.0524. The molecule has 0 spiro atoms. The average molecular weight is 377 g/mol. The summed E-state index contributed by atoms with van der Waals surface area (Å²) in [6.45, 7) is 3.10. The molecule has 2 atom stereocenters. The molecule has 0 heterocycles. The Balaban J connectivity index is 1.84. The number of hydrogen-bond acceptors (Lipinski definition) is 4. The minimum Gasteiger partial charge on any atom is -0.490 e. The molecule has 3 rings (SSSR count). The zero-order chi connectivity index (χ0) is 19.6. The van der Waals surface area contributed by atoms with Gasteiger partial charge < -0.3 is 19.9 Å². The van der Waals surface area contributed by atoms with Crippen LogP contribution in [-0.4, -0.2) is 24.4 Å². The monoisotopic (exact) mass is 377 g/mol. The van der Waals surface area contributed by atoms with Crippen molar-refractivity contribution in [3.8, 4) is 11.5 Å². The van der Waals surface area contributed by atoms with Gasteiger partial charge in [-0.3, -0.25) is 0 Å². The molecule has 28 heavy (non-hydrogen) atoms. The smallest absolute Gasteiger partial charge is 0.162 e. The second kappa shape index (κ2) is 10.5. The molecule has 3 aromatic rings. The average Bonchev–Trinajstić information content (AvgIpc) is 2.76. The van der Waals surface area contributed by atoms with Crippen LogP contribution in [-0.2, 0) is 6.54 Å². The van der Waals surface area contributed by atoms with Gasteiger partial charge in [0, 0.05) is 6.54 Å². The second-order valence-corrected chi connectivity index (χ2v) is 6.48. The van der Waals surface area contributed by atoms with Gasteiger partial charge in [-0.25, -0.2) is 0 Å². The van der Waals surface area contributed by atoms with E-state index in [-0.39, 0.29) is 18.8 Å². The quantitative estimate of drug-likeness (QED) is 0.551. The van der Waals surface area contributed by atoms with E-state index in [4.69, 9.17) is 9.47 Å². The van der Waals surface area contributed by atoms with Crippen LogP contribution in [0.4, 0.5) is 0 Å². The standard InChI is InChI=1S/C24H27NO3/c1-2-27-22-15-9-10-16-23(22)28-24(20-13-7-4-8-14-20)21(18-26)25-17-19-11-5-3-6-12-19/h3-16,21,24-26H,2,17-18H2,1H3/t21-,24+/m1/s1. The van der Waals surface area contributed by atoms with E-state index in [1.807, 2.05) is 79.7 Å². The SMILES string of the molecule is CCOc1ccccc1O[C@@H](c1ccccc1)[C@@H](CO)NCc1ccccc1. The highest BCUT2D eigenvalue weighted by Crippen LogP contribution is 2.32. The van der Waals surface area contributed by atoms with Gasteiger partial charge in [0.15, 0.2) is 11.5 Å². The van der Waals surface area contributed by atoms with E-state index in [2.05, 4.69) is 17.4 Å². The van der Waals surface area contributed by atoms with E-state index >= 15 is 0 Å². The third-order valence-corrected chi connectivity index (χ3v) is 4.50. The maximum Gasteiger partial charge on any atom is 0.162 e. The molecule has 4 nitrogen and oxygen atoms in total. The van der Waals surface area contributed by atoms with E-state index < -0.39 is 0 Å². The van der Waals surface area contributed by atoms with E-state index in [0.29, 0.717) is 24.7 Å². The lowest BCUT2D eigenvalue weighted by molar-refractivity contribution is 0.105. The van der Waals surface area contributed by atoms with Crippen LogP contribution in [0, 0.1) is 0 Å². The van der Waals surface area contributed by atoms with Crippen molar-refractivity contribution in [1.82, 2.24) is 5.32 Å². The van der Waals surface area contributed by atoms with Gasteiger partial charge >= 0.3 is 0 Å². The van der Waals surface area contributed by atoms with Crippen LogP contribution in [0.25, 0.3) is 0 Å². The Morgan fingerprint density at radius 2 is 1.43 bits per heavy atom. The van der Waals surface area contributed by atoms with E-state index in [1.54, 1.807) is 0 Å². The fourth-order valence-corrected chi connectivity index (χ4v) is 3.10. The summed E-state index contributed by atoms with van der Waals surface area (Å²) in [5.41, 5.74) is 2.15. The summed E-state index contributed by atoms with van der Waals surface area (Å²) >= 11 is 0. The summed E-state index contributed by atoms with van der Waals surface area (Å²) in [6.07, 6.45) is -0.364. The highest BCUT2D eigenvalue weighted by molar-refractivity contribution is 5.40. The minimum atomic E-state index is -0.364. The van der Waals surface area contributed by atoms with E-state index in [1.165, 1.54) is 0 Å². The molecular weight excluding hydrogens is 350 g/mol. The number of ether oxygens (including phenoxy) is 2. The Labute approximate surface area is 166 Å². The van der Waals surface area contributed by atoms with Gasteiger partial charge in [0.1, 0.15) is 6.10 Å². The van der Waals surface area contributed by atoms with Crippen molar-refractivity contribution >= 4 is 0 Å². The second-order valence-electron chi connectivity index (χ2n) is 6.48. The van der Waals surface area contributed by atoms with Crippen LogP contribution in [0.5, 0.6) is 11.5 Å². The van der Waals surface area contributed by atoms with Crippen molar-refractivity contribution in [2.75, 3.05) is 13.2 Å². The molecule has 0 bridgehead atoms. The molecule has 0 aliphatic carbocycles. The molecule has 0 aliphatic heterocycles. The lowest BCUT2D eigenvalue weighted by Crippen LogP contribution is -2.40.